The molecule has 0 saturated carbocycles. The maximum Gasteiger partial charge on any atom is 0.320 e. The lowest BCUT2D eigenvalue weighted by Gasteiger charge is -2.27. The number of nitrogens with zero attached hydrogens (tertiary/aromatic N) is 1. The Balaban J connectivity index is 2.00. The average Bonchev–Trinajstić information content (AvgIpc) is 2.54. The van der Waals surface area contributed by atoms with E-state index in [4.69, 9.17) is 28.3 Å². The van der Waals surface area contributed by atoms with Crippen LogP contribution in [0.2, 0.25) is 10.3 Å². The molecule has 0 aliphatic carbocycles. The second-order valence-electron chi connectivity index (χ2n) is 5.66. The van der Waals surface area contributed by atoms with Crippen LogP contribution in [0.3, 0.4) is 0 Å². The van der Waals surface area contributed by atoms with Gasteiger partial charge in [-0.05, 0) is 43.0 Å². The molecule has 1 fully saturated rings. The summed E-state index contributed by atoms with van der Waals surface area (Å²) in [4.78, 5) is 15.1. The molecule has 24 heavy (non-hydrogen) atoms. The number of fused-ring (bicyclic) bond motifs is 1. The summed E-state index contributed by atoms with van der Waals surface area (Å²) in [7, 11) is -3.67. The average molecular weight is 389 g/mol. The van der Waals surface area contributed by atoms with Crippen molar-refractivity contribution >= 4 is 49.8 Å². The van der Waals surface area contributed by atoms with Gasteiger partial charge >= 0.3 is 5.97 Å². The van der Waals surface area contributed by atoms with Crippen molar-refractivity contribution < 1.29 is 18.3 Å². The fourth-order valence-corrected chi connectivity index (χ4v) is 5.18. The van der Waals surface area contributed by atoms with E-state index in [-0.39, 0.29) is 21.6 Å². The number of benzene rings is 1. The van der Waals surface area contributed by atoms with E-state index in [1.807, 2.05) is 0 Å². The van der Waals surface area contributed by atoms with Gasteiger partial charge in [-0.2, -0.15) is 0 Å². The van der Waals surface area contributed by atoms with Crippen molar-refractivity contribution in [1.29, 1.82) is 0 Å². The monoisotopic (exact) mass is 388 g/mol. The number of aromatic nitrogens is 1. The van der Waals surface area contributed by atoms with Crippen LogP contribution in [-0.4, -0.2) is 42.3 Å². The first-order valence-electron chi connectivity index (χ1n) is 7.25. The van der Waals surface area contributed by atoms with Crippen molar-refractivity contribution in [3.05, 3.63) is 34.6 Å². The molecule has 0 radical (unpaired) electrons. The van der Waals surface area contributed by atoms with Gasteiger partial charge in [0.2, 0.25) is 0 Å². The Morgan fingerprint density at radius 2 is 2.04 bits per heavy atom. The molecule has 1 aliphatic heterocycles. The van der Waals surface area contributed by atoms with Crippen LogP contribution in [0.1, 0.15) is 12.8 Å². The molecule has 1 unspecified atom stereocenters. The number of sulfone groups is 1. The predicted molar refractivity (Wildman–Crippen MR) is 91.4 cm³/mol. The molecule has 2 aromatic rings. The summed E-state index contributed by atoms with van der Waals surface area (Å²) in [6, 6.07) is 5.32. The number of aliphatic carboxylic acids is 1. The first kappa shape index (κ1) is 17.4. The number of hydrogen-bond acceptors (Lipinski definition) is 5. The summed E-state index contributed by atoms with van der Waals surface area (Å²) in [5.74, 6) is -1.05. The Morgan fingerprint density at radius 1 is 1.29 bits per heavy atom. The van der Waals surface area contributed by atoms with Gasteiger partial charge < -0.3 is 10.4 Å². The van der Waals surface area contributed by atoms with Gasteiger partial charge in [0.05, 0.1) is 10.1 Å². The van der Waals surface area contributed by atoms with E-state index in [0.29, 0.717) is 23.7 Å². The number of carbonyl (C=O) groups is 1. The number of nitrogens with one attached hydrogen (secondary N) is 1. The van der Waals surface area contributed by atoms with Crippen molar-refractivity contribution in [1.82, 2.24) is 10.3 Å². The number of rotatable bonds is 3. The van der Waals surface area contributed by atoms with E-state index >= 15 is 0 Å². The lowest BCUT2D eigenvalue weighted by atomic mass is 10.1. The molecule has 128 valence electrons. The Morgan fingerprint density at radius 3 is 2.75 bits per heavy atom. The normalized spacial score (nSPS) is 21.8. The first-order chi connectivity index (χ1) is 11.3. The molecule has 0 spiro atoms. The van der Waals surface area contributed by atoms with Crippen LogP contribution in [0.4, 0.5) is 0 Å². The van der Waals surface area contributed by atoms with E-state index < -0.39 is 27.1 Å². The molecule has 6 nitrogen and oxygen atoms in total. The number of carboxylic acids is 1. The Hall–Kier alpha value is -1.41. The fraction of sp³-hybridized carbons (Fsp3) is 0.333. The number of piperidine rings is 1. The van der Waals surface area contributed by atoms with Crippen LogP contribution in [-0.2, 0) is 14.6 Å². The van der Waals surface area contributed by atoms with Crippen molar-refractivity contribution in [2.24, 2.45) is 0 Å². The molecule has 2 atom stereocenters. The zero-order valence-corrected chi connectivity index (χ0v) is 14.7. The molecule has 0 bridgehead atoms. The summed E-state index contributed by atoms with van der Waals surface area (Å²) in [5.41, 5.74) is 0. The highest BCUT2D eigenvalue weighted by molar-refractivity contribution is 7.92. The largest absolute Gasteiger partial charge is 0.480 e. The third-order valence-corrected chi connectivity index (χ3v) is 6.85. The van der Waals surface area contributed by atoms with Gasteiger partial charge in [0.15, 0.2) is 9.84 Å². The molecule has 2 heterocycles. The molecular weight excluding hydrogens is 375 g/mol. The Labute approximate surface area is 148 Å². The summed E-state index contributed by atoms with van der Waals surface area (Å²) < 4.78 is 25.7. The molecule has 1 saturated heterocycles. The van der Waals surface area contributed by atoms with E-state index in [1.165, 1.54) is 12.1 Å². The zero-order valence-electron chi connectivity index (χ0n) is 12.4. The SMILES string of the molecule is O=C(O)[C@H]1CC(S(=O)(=O)c2ccc3cc(Cl)nc(Cl)c3c2)CCN1. The Kier molecular flexibility index (Phi) is 4.70. The highest BCUT2D eigenvalue weighted by atomic mass is 35.5. The fourth-order valence-electron chi connectivity index (χ4n) is 2.88. The van der Waals surface area contributed by atoms with Crippen molar-refractivity contribution in [2.45, 2.75) is 29.0 Å². The predicted octanol–water partition coefficient (Wildman–Crippen LogP) is 2.52. The summed E-state index contributed by atoms with van der Waals surface area (Å²) in [6.45, 7) is 0.340. The van der Waals surface area contributed by atoms with Crippen LogP contribution >= 0.6 is 23.2 Å². The maximum atomic E-state index is 12.9. The minimum atomic E-state index is -3.67. The zero-order chi connectivity index (χ0) is 17.5. The summed E-state index contributed by atoms with van der Waals surface area (Å²) >= 11 is 11.9. The van der Waals surface area contributed by atoms with Crippen molar-refractivity contribution in [2.75, 3.05) is 6.54 Å². The molecule has 3 rings (SSSR count). The number of carboxylic acid groups (broad SMARTS) is 1. The second kappa shape index (κ2) is 6.48. The van der Waals surface area contributed by atoms with Crippen molar-refractivity contribution in [3.63, 3.8) is 0 Å². The summed E-state index contributed by atoms with van der Waals surface area (Å²) in [6.07, 6.45) is 0.388. The van der Waals surface area contributed by atoms with E-state index in [9.17, 15) is 13.2 Å². The topological polar surface area (TPSA) is 96.4 Å². The van der Waals surface area contributed by atoms with E-state index in [1.54, 1.807) is 12.1 Å². The standard InChI is InChI=1S/C15H14Cl2N2O4S/c16-13-5-8-1-2-9(6-11(8)14(17)19-13)24(22,23)10-3-4-18-12(7-10)15(20)21/h1-2,5-6,10,12,18H,3-4,7H2,(H,20,21)/t10?,12-/m1/s1. The molecule has 9 heteroatoms. The third-order valence-electron chi connectivity index (χ3n) is 4.15. The quantitative estimate of drug-likeness (QED) is 0.784. The van der Waals surface area contributed by atoms with Crippen LogP contribution in [0, 0.1) is 0 Å². The van der Waals surface area contributed by atoms with Gasteiger partial charge in [-0.1, -0.05) is 29.3 Å². The van der Waals surface area contributed by atoms with E-state index in [0.717, 1.165) is 0 Å². The van der Waals surface area contributed by atoms with Gasteiger partial charge in [0.1, 0.15) is 16.3 Å². The van der Waals surface area contributed by atoms with Crippen LogP contribution in [0.25, 0.3) is 10.8 Å². The van der Waals surface area contributed by atoms with E-state index in [2.05, 4.69) is 10.3 Å². The van der Waals surface area contributed by atoms with Gasteiger partial charge in [-0.25, -0.2) is 13.4 Å². The highest BCUT2D eigenvalue weighted by Gasteiger charge is 2.35. The third kappa shape index (κ3) is 3.21. The molecule has 1 aromatic heterocycles. The molecule has 0 amide bonds. The second-order valence-corrected chi connectivity index (χ2v) is 8.63. The van der Waals surface area contributed by atoms with Crippen LogP contribution in [0.15, 0.2) is 29.2 Å². The Bertz CT molecular complexity index is 917. The van der Waals surface area contributed by atoms with Gasteiger partial charge in [0, 0.05) is 5.39 Å². The van der Waals surface area contributed by atoms with Crippen LogP contribution in [0.5, 0.6) is 0 Å². The first-order valence-corrected chi connectivity index (χ1v) is 9.55. The number of pyridine rings is 1. The minimum Gasteiger partial charge on any atom is -0.480 e. The lowest BCUT2D eigenvalue weighted by molar-refractivity contribution is -0.140. The lowest BCUT2D eigenvalue weighted by Crippen LogP contribution is -2.47. The van der Waals surface area contributed by atoms with Crippen molar-refractivity contribution in [3.8, 4) is 0 Å². The molecule has 2 N–H and O–H groups in total. The molecule has 1 aliphatic rings. The minimum absolute atomic E-state index is 0.0301. The van der Waals surface area contributed by atoms with Gasteiger partial charge in [-0.15, -0.1) is 0 Å². The van der Waals surface area contributed by atoms with Gasteiger partial charge in [0.25, 0.3) is 0 Å². The smallest absolute Gasteiger partial charge is 0.320 e. The molecular formula is C15H14Cl2N2O4S. The summed E-state index contributed by atoms with van der Waals surface area (Å²) in [5, 5.41) is 12.7. The molecule has 1 aromatic carbocycles. The highest BCUT2D eigenvalue weighted by Crippen LogP contribution is 2.30. The van der Waals surface area contributed by atoms with Gasteiger partial charge in [-0.3, -0.25) is 4.79 Å². The number of halogens is 2. The van der Waals surface area contributed by atoms with Crippen LogP contribution < -0.4 is 5.32 Å². The number of hydrogen-bond donors (Lipinski definition) is 2. The maximum absolute atomic E-state index is 12.9.